The average molecular weight is 450 g/mol. The van der Waals surface area contributed by atoms with Gasteiger partial charge >= 0.3 is 6.03 Å². The lowest BCUT2D eigenvalue weighted by molar-refractivity contribution is -0.134. The van der Waals surface area contributed by atoms with Crippen LogP contribution in [0.15, 0.2) is 48.5 Å². The zero-order valence-electron chi connectivity index (χ0n) is 18.5. The van der Waals surface area contributed by atoms with Crippen LogP contribution in [0.2, 0.25) is 0 Å². The summed E-state index contributed by atoms with van der Waals surface area (Å²) in [5.74, 6) is -0.159. The number of rotatable bonds is 8. The molecule has 1 atom stereocenters. The number of imide groups is 1. The molecule has 0 aromatic heterocycles. The second-order valence-corrected chi connectivity index (χ2v) is 8.41. The summed E-state index contributed by atoms with van der Waals surface area (Å²) in [4.78, 5) is 50.6. The zero-order valence-corrected chi connectivity index (χ0v) is 18.5. The Balaban J connectivity index is 1.31. The predicted octanol–water partition coefficient (Wildman–Crippen LogP) is 2.13. The lowest BCUT2D eigenvalue weighted by atomic mass is 9.92. The quantitative estimate of drug-likeness (QED) is 0.533. The van der Waals surface area contributed by atoms with Crippen molar-refractivity contribution in [1.82, 2.24) is 15.5 Å². The largest absolute Gasteiger partial charge is 0.497 e. The van der Waals surface area contributed by atoms with E-state index in [1.165, 1.54) is 0 Å². The summed E-state index contributed by atoms with van der Waals surface area (Å²) in [6.07, 6.45) is 1.87. The van der Waals surface area contributed by atoms with Gasteiger partial charge in [0.1, 0.15) is 17.8 Å². The third-order valence-electron chi connectivity index (χ3n) is 5.90. The van der Waals surface area contributed by atoms with E-state index < -0.39 is 23.4 Å². The van der Waals surface area contributed by atoms with Gasteiger partial charge < -0.3 is 20.7 Å². The molecule has 4 rings (SSSR count). The smallest absolute Gasteiger partial charge is 0.325 e. The lowest BCUT2D eigenvalue weighted by Gasteiger charge is -2.22. The summed E-state index contributed by atoms with van der Waals surface area (Å²) in [6.45, 7) is 1.46. The van der Waals surface area contributed by atoms with Crippen LogP contribution < -0.4 is 20.7 Å². The van der Waals surface area contributed by atoms with Crippen molar-refractivity contribution in [2.45, 2.75) is 31.8 Å². The summed E-state index contributed by atoms with van der Waals surface area (Å²) < 4.78 is 5.13. The normalized spacial score (nSPS) is 19.8. The van der Waals surface area contributed by atoms with Gasteiger partial charge in [0.2, 0.25) is 11.8 Å². The standard InChI is InChI=1S/C24H26N4O5/c1-24(17-7-11-19(33-2)12-8-17)22(31)28(23(32)27-24)14-20(29)25-13-15-3-9-18(10-4-15)26-21(30)16-5-6-16/h3-4,7-12,16H,5-6,13-14H2,1-2H3,(H,25,29)(H,26,30)(H,27,32)/t24-/m1/s1. The van der Waals surface area contributed by atoms with Crippen LogP contribution in [0.5, 0.6) is 5.75 Å². The van der Waals surface area contributed by atoms with E-state index in [-0.39, 0.29) is 24.9 Å². The van der Waals surface area contributed by atoms with Crippen LogP contribution in [-0.4, -0.2) is 42.3 Å². The fraction of sp³-hybridized carbons (Fsp3) is 0.333. The molecule has 0 unspecified atom stereocenters. The summed E-state index contributed by atoms with van der Waals surface area (Å²) >= 11 is 0. The first kappa shape index (κ1) is 22.3. The molecule has 5 amide bonds. The Kier molecular flexibility index (Phi) is 6.04. The Morgan fingerprint density at radius 1 is 1.09 bits per heavy atom. The number of nitrogens with zero attached hydrogens (tertiary/aromatic N) is 1. The molecule has 0 bridgehead atoms. The number of anilines is 1. The van der Waals surface area contributed by atoms with Gasteiger partial charge in [-0.15, -0.1) is 0 Å². The van der Waals surface area contributed by atoms with E-state index in [1.54, 1.807) is 62.6 Å². The van der Waals surface area contributed by atoms with Crippen LogP contribution in [0.25, 0.3) is 0 Å². The summed E-state index contributed by atoms with van der Waals surface area (Å²) in [5, 5.41) is 8.26. The number of ether oxygens (including phenoxy) is 1. The van der Waals surface area contributed by atoms with Crippen LogP contribution >= 0.6 is 0 Å². The minimum atomic E-state index is -1.26. The molecule has 2 aromatic carbocycles. The first-order valence-electron chi connectivity index (χ1n) is 10.8. The van der Waals surface area contributed by atoms with E-state index in [0.717, 1.165) is 23.3 Å². The van der Waals surface area contributed by atoms with E-state index in [0.29, 0.717) is 17.0 Å². The van der Waals surface area contributed by atoms with Crippen LogP contribution in [0.4, 0.5) is 10.5 Å². The fourth-order valence-corrected chi connectivity index (χ4v) is 3.66. The van der Waals surface area contributed by atoms with Crippen molar-refractivity contribution < 1.29 is 23.9 Å². The van der Waals surface area contributed by atoms with Gasteiger partial charge in [0, 0.05) is 18.2 Å². The van der Waals surface area contributed by atoms with Crippen molar-refractivity contribution >= 4 is 29.4 Å². The average Bonchev–Trinajstić information content (AvgIpc) is 3.64. The zero-order chi connectivity index (χ0) is 23.6. The number of amides is 5. The van der Waals surface area contributed by atoms with E-state index in [9.17, 15) is 19.2 Å². The van der Waals surface area contributed by atoms with Crippen molar-refractivity contribution in [2.75, 3.05) is 19.0 Å². The highest BCUT2D eigenvalue weighted by Gasteiger charge is 2.49. The molecule has 9 heteroatoms. The van der Waals surface area contributed by atoms with Gasteiger partial charge in [-0.3, -0.25) is 19.3 Å². The number of hydrogen-bond acceptors (Lipinski definition) is 5. The molecule has 1 heterocycles. The molecule has 3 N–H and O–H groups in total. The van der Waals surface area contributed by atoms with E-state index in [4.69, 9.17) is 4.74 Å². The van der Waals surface area contributed by atoms with E-state index in [2.05, 4.69) is 16.0 Å². The van der Waals surface area contributed by atoms with Crippen LogP contribution in [-0.2, 0) is 26.5 Å². The fourth-order valence-electron chi connectivity index (χ4n) is 3.66. The summed E-state index contributed by atoms with van der Waals surface area (Å²) in [6, 6.07) is 13.4. The maximum absolute atomic E-state index is 13.0. The topological polar surface area (TPSA) is 117 Å². The molecule has 2 aromatic rings. The van der Waals surface area contributed by atoms with Gasteiger partial charge in [-0.25, -0.2) is 4.79 Å². The molecule has 2 fully saturated rings. The molecule has 2 aliphatic rings. The van der Waals surface area contributed by atoms with Crippen molar-refractivity contribution in [1.29, 1.82) is 0 Å². The van der Waals surface area contributed by atoms with Crippen molar-refractivity contribution in [3.63, 3.8) is 0 Å². The molecule has 1 aliphatic carbocycles. The molecule has 0 radical (unpaired) electrons. The number of urea groups is 1. The number of benzene rings is 2. The van der Waals surface area contributed by atoms with Crippen molar-refractivity contribution in [3.8, 4) is 5.75 Å². The molecule has 1 saturated carbocycles. The highest BCUT2D eigenvalue weighted by molar-refractivity contribution is 6.09. The third kappa shape index (κ3) is 4.82. The molecule has 172 valence electrons. The molecular weight excluding hydrogens is 424 g/mol. The first-order chi connectivity index (χ1) is 15.8. The predicted molar refractivity (Wildman–Crippen MR) is 120 cm³/mol. The number of nitrogens with one attached hydrogen (secondary N) is 3. The minimum absolute atomic E-state index is 0.0336. The first-order valence-corrected chi connectivity index (χ1v) is 10.8. The lowest BCUT2D eigenvalue weighted by Crippen LogP contribution is -2.43. The van der Waals surface area contributed by atoms with Crippen LogP contribution in [0.3, 0.4) is 0 Å². The van der Waals surface area contributed by atoms with E-state index >= 15 is 0 Å². The van der Waals surface area contributed by atoms with Gasteiger partial charge in [0.15, 0.2) is 0 Å². The van der Waals surface area contributed by atoms with Crippen molar-refractivity contribution in [3.05, 3.63) is 59.7 Å². The second kappa shape index (κ2) is 8.93. The highest BCUT2D eigenvalue weighted by Crippen LogP contribution is 2.31. The Labute approximate surface area is 191 Å². The number of hydrogen-bond donors (Lipinski definition) is 3. The second-order valence-electron chi connectivity index (χ2n) is 8.41. The summed E-state index contributed by atoms with van der Waals surface area (Å²) in [5.41, 5.74) is 0.871. The van der Waals surface area contributed by atoms with Gasteiger partial charge in [-0.2, -0.15) is 0 Å². The maximum atomic E-state index is 13.0. The minimum Gasteiger partial charge on any atom is -0.497 e. The Morgan fingerprint density at radius 2 is 1.76 bits per heavy atom. The van der Waals surface area contributed by atoms with Gasteiger partial charge in [-0.05, 0) is 55.2 Å². The molecule has 1 saturated heterocycles. The third-order valence-corrected chi connectivity index (χ3v) is 5.90. The monoisotopic (exact) mass is 450 g/mol. The SMILES string of the molecule is COc1ccc([C@@]2(C)NC(=O)N(CC(=O)NCc3ccc(NC(=O)C4CC4)cc3)C2=O)cc1. The van der Waals surface area contributed by atoms with E-state index in [1.807, 2.05) is 0 Å². The number of carbonyl (C=O) groups excluding carboxylic acids is 4. The Bertz CT molecular complexity index is 1080. The highest BCUT2D eigenvalue weighted by atomic mass is 16.5. The number of methoxy groups -OCH3 is 1. The van der Waals surface area contributed by atoms with Gasteiger partial charge in [0.25, 0.3) is 5.91 Å². The molecule has 9 nitrogen and oxygen atoms in total. The molecule has 33 heavy (non-hydrogen) atoms. The van der Waals surface area contributed by atoms with Crippen LogP contribution in [0.1, 0.15) is 30.9 Å². The Morgan fingerprint density at radius 3 is 2.36 bits per heavy atom. The van der Waals surface area contributed by atoms with Crippen LogP contribution in [0, 0.1) is 5.92 Å². The molecular formula is C24H26N4O5. The Hall–Kier alpha value is -3.88. The van der Waals surface area contributed by atoms with Crippen molar-refractivity contribution in [2.24, 2.45) is 5.92 Å². The van der Waals surface area contributed by atoms with Gasteiger partial charge in [-0.1, -0.05) is 24.3 Å². The molecule has 0 spiro atoms. The summed E-state index contributed by atoms with van der Waals surface area (Å²) in [7, 11) is 1.54. The van der Waals surface area contributed by atoms with Gasteiger partial charge in [0.05, 0.1) is 7.11 Å². The number of carbonyl (C=O) groups is 4. The molecule has 1 aliphatic heterocycles. The maximum Gasteiger partial charge on any atom is 0.325 e.